The summed E-state index contributed by atoms with van der Waals surface area (Å²) >= 11 is 0. The lowest BCUT2D eigenvalue weighted by Crippen LogP contribution is -2.46. The molecule has 6 nitrogen and oxygen atoms in total. The quantitative estimate of drug-likeness (QED) is 0.434. The number of pyridine rings is 1. The summed E-state index contributed by atoms with van der Waals surface area (Å²) in [6.45, 7) is 7.29. The number of benzene rings is 2. The molecule has 0 bridgehead atoms. The Bertz CT molecular complexity index is 1390. The van der Waals surface area contributed by atoms with Crippen LogP contribution in [0.15, 0.2) is 54.7 Å². The summed E-state index contributed by atoms with van der Waals surface area (Å²) in [5.74, 6) is 0.601. The first kappa shape index (κ1) is 26.8. The number of nitrogens with zero attached hydrogens (tertiary/aromatic N) is 4. The second-order valence-electron chi connectivity index (χ2n) is 10.5. The van der Waals surface area contributed by atoms with Crippen molar-refractivity contribution in [2.24, 2.45) is 5.73 Å². The number of nitrogens with two attached hydrogens (primary N) is 1. The van der Waals surface area contributed by atoms with Gasteiger partial charge in [-0.3, -0.25) is 0 Å². The Morgan fingerprint density at radius 2 is 1.90 bits per heavy atom. The van der Waals surface area contributed by atoms with Gasteiger partial charge in [0.1, 0.15) is 6.07 Å². The van der Waals surface area contributed by atoms with Crippen molar-refractivity contribution in [2.75, 3.05) is 42.6 Å². The largest absolute Gasteiger partial charge is 0.478 e. The molecule has 1 aromatic heterocycles. The summed E-state index contributed by atoms with van der Waals surface area (Å²) in [5, 5.41) is 9.59. The van der Waals surface area contributed by atoms with E-state index in [2.05, 4.69) is 28.1 Å². The Morgan fingerprint density at radius 3 is 2.56 bits per heavy atom. The van der Waals surface area contributed by atoms with E-state index in [9.17, 15) is 18.4 Å². The number of nitriles is 1. The SMILES string of the molecule is CCOc1ncccc1-c1ccc2c(c1)N(C[C@@H](C)N)CC21CCN(c2ccc(C(F)(F)F)cc2C#N)CC1. The lowest BCUT2D eigenvalue weighted by Gasteiger charge is -2.41. The topological polar surface area (TPSA) is 78.4 Å². The van der Waals surface area contributed by atoms with E-state index in [1.807, 2.05) is 36.9 Å². The van der Waals surface area contributed by atoms with Crippen LogP contribution in [0.1, 0.15) is 43.4 Å². The summed E-state index contributed by atoms with van der Waals surface area (Å²) in [6, 6.07) is 15.8. The zero-order chi connectivity index (χ0) is 27.8. The molecule has 9 heteroatoms. The molecule has 2 N–H and O–H groups in total. The fourth-order valence-corrected chi connectivity index (χ4v) is 6.00. The minimum Gasteiger partial charge on any atom is -0.478 e. The number of piperidine rings is 1. The van der Waals surface area contributed by atoms with Gasteiger partial charge in [0, 0.05) is 55.1 Å². The number of aromatic nitrogens is 1. The third-order valence-corrected chi connectivity index (χ3v) is 7.78. The number of fused-ring (bicyclic) bond motifs is 2. The zero-order valence-electron chi connectivity index (χ0n) is 22.1. The summed E-state index contributed by atoms with van der Waals surface area (Å²) in [6.07, 6.45) is -1.12. The molecular weight excluding hydrogens is 503 g/mol. The highest BCUT2D eigenvalue weighted by Gasteiger charge is 2.45. The molecule has 1 spiro atoms. The molecule has 1 fully saturated rings. The van der Waals surface area contributed by atoms with Gasteiger partial charge in [0.25, 0.3) is 0 Å². The first-order chi connectivity index (χ1) is 18.6. The van der Waals surface area contributed by atoms with Gasteiger partial charge in [-0.2, -0.15) is 18.4 Å². The lowest BCUT2D eigenvalue weighted by molar-refractivity contribution is -0.137. The second kappa shape index (κ2) is 10.4. The van der Waals surface area contributed by atoms with Crippen LogP contribution >= 0.6 is 0 Å². The lowest BCUT2D eigenvalue weighted by atomic mass is 9.74. The van der Waals surface area contributed by atoms with Crippen molar-refractivity contribution in [2.45, 2.75) is 44.3 Å². The molecule has 0 radical (unpaired) electrons. The minimum absolute atomic E-state index is 0.0144. The molecule has 0 aliphatic carbocycles. The van der Waals surface area contributed by atoms with E-state index in [1.54, 1.807) is 6.20 Å². The van der Waals surface area contributed by atoms with Crippen molar-refractivity contribution in [1.82, 2.24) is 4.98 Å². The second-order valence-corrected chi connectivity index (χ2v) is 10.5. The van der Waals surface area contributed by atoms with Crippen molar-refractivity contribution in [3.8, 4) is 23.1 Å². The maximum Gasteiger partial charge on any atom is 0.416 e. The van der Waals surface area contributed by atoms with Gasteiger partial charge >= 0.3 is 6.18 Å². The van der Waals surface area contributed by atoms with E-state index < -0.39 is 11.7 Å². The molecule has 1 saturated heterocycles. The summed E-state index contributed by atoms with van der Waals surface area (Å²) in [4.78, 5) is 8.81. The number of halogens is 3. The van der Waals surface area contributed by atoms with Crippen LogP contribution in [-0.2, 0) is 11.6 Å². The third kappa shape index (κ3) is 5.13. The summed E-state index contributed by atoms with van der Waals surface area (Å²) < 4.78 is 45.4. The molecule has 204 valence electrons. The molecule has 5 rings (SSSR count). The molecule has 3 heterocycles. The Kier molecular flexibility index (Phi) is 7.17. The van der Waals surface area contributed by atoms with Crippen molar-refractivity contribution in [3.63, 3.8) is 0 Å². The number of ether oxygens (including phenoxy) is 1. The van der Waals surface area contributed by atoms with Crippen LogP contribution in [0.5, 0.6) is 5.88 Å². The predicted octanol–water partition coefficient (Wildman–Crippen LogP) is 5.74. The van der Waals surface area contributed by atoms with Gasteiger partial charge < -0.3 is 20.3 Å². The van der Waals surface area contributed by atoms with Crippen molar-refractivity contribution >= 4 is 11.4 Å². The molecule has 0 amide bonds. The molecule has 0 saturated carbocycles. The number of anilines is 2. The minimum atomic E-state index is -4.48. The molecule has 1 atom stereocenters. The van der Waals surface area contributed by atoms with Crippen LogP contribution in [0.2, 0.25) is 0 Å². The van der Waals surface area contributed by atoms with E-state index >= 15 is 0 Å². The average molecular weight is 536 g/mol. The van der Waals surface area contributed by atoms with Gasteiger partial charge in [-0.15, -0.1) is 0 Å². The van der Waals surface area contributed by atoms with Crippen molar-refractivity contribution < 1.29 is 17.9 Å². The monoisotopic (exact) mass is 535 g/mol. The van der Waals surface area contributed by atoms with Crippen LogP contribution in [-0.4, -0.2) is 43.8 Å². The maximum atomic E-state index is 13.2. The number of alkyl halides is 3. The molecular formula is C30H32F3N5O. The van der Waals surface area contributed by atoms with Crippen LogP contribution in [0.25, 0.3) is 11.1 Å². The highest BCUT2D eigenvalue weighted by molar-refractivity contribution is 5.76. The van der Waals surface area contributed by atoms with Gasteiger partial charge in [-0.05, 0) is 74.2 Å². The van der Waals surface area contributed by atoms with E-state index in [0.717, 1.165) is 48.3 Å². The summed E-state index contributed by atoms with van der Waals surface area (Å²) in [5.41, 5.74) is 10.3. The Balaban J connectivity index is 1.45. The first-order valence-electron chi connectivity index (χ1n) is 13.2. The van der Waals surface area contributed by atoms with Gasteiger partial charge in [-0.25, -0.2) is 4.98 Å². The van der Waals surface area contributed by atoms with Gasteiger partial charge in [0.2, 0.25) is 5.88 Å². The van der Waals surface area contributed by atoms with Crippen molar-refractivity contribution in [1.29, 1.82) is 5.26 Å². The number of hydrogen-bond acceptors (Lipinski definition) is 6. The maximum absolute atomic E-state index is 13.2. The highest BCUT2D eigenvalue weighted by Crippen LogP contribution is 2.49. The molecule has 0 unspecified atom stereocenters. The van der Waals surface area contributed by atoms with Crippen LogP contribution in [0, 0.1) is 11.3 Å². The van der Waals surface area contributed by atoms with Gasteiger partial charge in [0.05, 0.1) is 23.4 Å². The van der Waals surface area contributed by atoms with Gasteiger partial charge in [0.15, 0.2) is 0 Å². The molecule has 2 aromatic carbocycles. The van der Waals surface area contributed by atoms with E-state index in [0.29, 0.717) is 37.8 Å². The standard InChI is InChI=1S/C30H32F3N5O/c1-3-39-28-24(5-4-12-36-28)21-6-8-25-27(16-21)38(18-20(2)35)19-29(25)10-13-37(14-11-29)26-9-7-23(30(31,32)33)15-22(26)17-34/h4-9,12,15-16,20H,3,10-11,13-14,18-19,35H2,1-2H3/t20-/m1/s1. The van der Waals surface area contributed by atoms with Crippen LogP contribution < -0.4 is 20.3 Å². The van der Waals surface area contributed by atoms with E-state index in [4.69, 9.17) is 10.5 Å². The van der Waals surface area contributed by atoms with E-state index in [1.165, 1.54) is 11.6 Å². The molecule has 2 aliphatic heterocycles. The number of hydrogen-bond donors (Lipinski definition) is 1. The van der Waals surface area contributed by atoms with Gasteiger partial charge in [-0.1, -0.05) is 12.1 Å². The normalized spacial score (nSPS) is 17.2. The number of rotatable bonds is 6. The Hall–Kier alpha value is -3.77. The Labute approximate surface area is 226 Å². The molecule has 3 aromatic rings. The Morgan fingerprint density at radius 1 is 1.13 bits per heavy atom. The van der Waals surface area contributed by atoms with Crippen molar-refractivity contribution in [3.05, 3.63) is 71.4 Å². The fourth-order valence-electron chi connectivity index (χ4n) is 6.00. The highest BCUT2D eigenvalue weighted by atomic mass is 19.4. The predicted molar refractivity (Wildman–Crippen MR) is 146 cm³/mol. The fraction of sp³-hybridized carbons (Fsp3) is 0.400. The van der Waals surface area contributed by atoms with Crippen LogP contribution in [0.3, 0.4) is 0 Å². The third-order valence-electron chi connectivity index (χ3n) is 7.78. The average Bonchev–Trinajstić information content (AvgIpc) is 3.20. The summed E-state index contributed by atoms with van der Waals surface area (Å²) in [7, 11) is 0. The van der Waals surface area contributed by atoms with E-state index in [-0.39, 0.29) is 17.0 Å². The smallest absolute Gasteiger partial charge is 0.416 e. The first-order valence-corrected chi connectivity index (χ1v) is 13.2. The molecule has 39 heavy (non-hydrogen) atoms. The molecule has 2 aliphatic rings. The van der Waals surface area contributed by atoms with Crippen LogP contribution in [0.4, 0.5) is 24.5 Å². The zero-order valence-corrected chi connectivity index (χ0v) is 22.1.